The van der Waals surface area contributed by atoms with Gasteiger partial charge in [0.25, 0.3) is 17.3 Å². The normalized spacial score (nSPS) is 16.8. The Morgan fingerprint density at radius 2 is 1.71 bits per heavy atom. The van der Waals surface area contributed by atoms with Gasteiger partial charge in [0.2, 0.25) is 5.78 Å². The van der Waals surface area contributed by atoms with Crippen molar-refractivity contribution in [2.45, 2.75) is 6.92 Å². The Balaban J connectivity index is 0.00000288. The summed E-state index contributed by atoms with van der Waals surface area (Å²) in [6.45, 7) is 0.932. The SMILES string of the molecule is CC(=O)C1C(=O)C(=O)N(c2ccc([N+](=O)[O-])cc2[N+](=O)[O-])C1=O.[Na]. The van der Waals surface area contributed by atoms with Gasteiger partial charge in [0.1, 0.15) is 11.5 Å². The average Bonchev–Trinajstić information content (AvgIpc) is 2.68. The summed E-state index contributed by atoms with van der Waals surface area (Å²) in [5, 5.41) is 21.7. The number of nitrogens with zero attached hydrogens (tertiary/aromatic N) is 3. The number of nitro benzene ring substituents is 2. The predicted molar refractivity (Wildman–Crippen MR) is 77.2 cm³/mol. The summed E-state index contributed by atoms with van der Waals surface area (Å²) < 4.78 is 0. The fourth-order valence-corrected chi connectivity index (χ4v) is 2.12. The molecule has 119 valence electrons. The fourth-order valence-electron chi connectivity index (χ4n) is 2.12. The Bertz CT molecular complexity index is 805. The number of amides is 2. The molecule has 1 aliphatic heterocycles. The molecule has 0 N–H and O–H groups in total. The predicted octanol–water partition coefficient (Wildman–Crippen LogP) is -0.230. The summed E-state index contributed by atoms with van der Waals surface area (Å²) in [5.74, 6) is -6.63. The number of imide groups is 1. The first-order chi connectivity index (χ1) is 10.7. The second-order valence-corrected chi connectivity index (χ2v) is 4.57. The largest absolute Gasteiger partial charge is 0.302 e. The minimum absolute atomic E-state index is 0. The van der Waals surface area contributed by atoms with Gasteiger partial charge in [0.15, 0.2) is 5.92 Å². The number of carbonyl (C=O) groups is 4. The van der Waals surface area contributed by atoms with Crippen LogP contribution in [0.15, 0.2) is 18.2 Å². The zero-order chi connectivity index (χ0) is 17.5. The minimum atomic E-state index is -1.85. The molecule has 0 saturated carbocycles. The van der Waals surface area contributed by atoms with Gasteiger partial charge in [0, 0.05) is 35.6 Å². The van der Waals surface area contributed by atoms with Crippen molar-refractivity contribution in [3.8, 4) is 0 Å². The molecule has 1 unspecified atom stereocenters. The Morgan fingerprint density at radius 3 is 2.12 bits per heavy atom. The molecule has 12 heteroatoms. The van der Waals surface area contributed by atoms with E-state index in [0.29, 0.717) is 6.07 Å². The molecule has 0 aromatic heterocycles. The van der Waals surface area contributed by atoms with E-state index in [9.17, 15) is 39.4 Å². The standard InChI is InChI=1S/C12H7N3O8.Na/c1-5(16)9-10(17)12(19)13(11(9)18)7-3-2-6(14(20)21)4-8(7)15(22)23;/h2-4,9H,1H3;. The second kappa shape index (κ2) is 6.95. The van der Waals surface area contributed by atoms with Crippen molar-refractivity contribution >= 4 is 70.0 Å². The molecule has 24 heavy (non-hydrogen) atoms. The number of anilines is 1. The van der Waals surface area contributed by atoms with E-state index in [1.807, 2.05) is 0 Å². The van der Waals surface area contributed by atoms with Crippen LogP contribution in [0.3, 0.4) is 0 Å². The minimum Gasteiger partial charge on any atom is -0.299 e. The first-order valence-corrected chi connectivity index (χ1v) is 6.02. The van der Waals surface area contributed by atoms with Crippen LogP contribution in [0, 0.1) is 26.1 Å². The van der Waals surface area contributed by atoms with Crippen LogP contribution in [0.4, 0.5) is 17.1 Å². The molecule has 1 aromatic rings. The van der Waals surface area contributed by atoms with E-state index in [1.165, 1.54) is 0 Å². The average molecular weight is 344 g/mol. The van der Waals surface area contributed by atoms with Crippen molar-refractivity contribution in [3.05, 3.63) is 38.4 Å². The van der Waals surface area contributed by atoms with Gasteiger partial charge in [-0.2, -0.15) is 0 Å². The maximum absolute atomic E-state index is 12.1. The number of ketones is 2. The third-order valence-corrected chi connectivity index (χ3v) is 3.16. The van der Waals surface area contributed by atoms with Gasteiger partial charge >= 0.3 is 5.91 Å². The second-order valence-electron chi connectivity index (χ2n) is 4.57. The smallest absolute Gasteiger partial charge is 0.299 e. The molecule has 1 heterocycles. The summed E-state index contributed by atoms with van der Waals surface area (Å²) >= 11 is 0. The summed E-state index contributed by atoms with van der Waals surface area (Å²) in [6.07, 6.45) is 0. The Morgan fingerprint density at radius 1 is 1.12 bits per heavy atom. The molecule has 1 aromatic carbocycles. The van der Waals surface area contributed by atoms with Crippen molar-refractivity contribution in [1.82, 2.24) is 0 Å². The van der Waals surface area contributed by atoms with Crippen molar-refractivity contribution in [2.75, 3.05) is 4.90 Å². The van der Waals surface area contributed by atoms with E-state index in [-0.39, 0.29) is 34.5 Å². The molecular formula is C12H7N3NaO8. The number of rotatable bonds is 4. The Labute approximate surface area is 155 Å². The van der Waals surface area contributed by atoms with Crippen LogP contribution in [0.25, 0.3) is 0 Å². The molecule has 11 nitrogen and oxygen atoms in total. The van der Waals surface area contributed by atoms with Gasteiger partial charge in [-0.15, -0.1) is 0 Å². The molecule has 1 radical (unpaired) electrons. The molecule has 2 amide bonds. The summed E-state index contributed by atoms with van der Waals surface area (Å²) in [5.41, 5.74) is -2.14. The number of carbonyl (C=O) groups excluding carboxylic acids is 4. The molecule has 1 fully saturated rings. The zero-order valence-corrected chi connectivity index (χ0v) is 14.4. The maximum atomic E-state index is 12.1. The van der Waals surface area contributed by atoms with Crippen LogP contribution in [-0.2, 0) is 19.2 Å². The van der Waals surface area contributed by atoms with Gasteiger partial charge in [0.05, 0.1) is 15.9 Å². The van der Waals surface area contributed by atoms with Crippen LogP contribution in [0.5, 0.6) is 0 Å². The molecule has 1 saturated heterocycles. The van der Waals surface area contributed by atoms with Crippen molar-refractivity contribution < 1.29 is 29.0 Å². The van der Waals surface area contributed by atoms with Crippen LogP contribution in [0.2, 0.25) is 0 Å². The Hall–Kier alpha value is -2.50. The van der Waals surface area contributed by atoms with E-state index < -0.39 is 56.2 Å². The van der Waals surface area contributed by atoms with Gasteiger partial charge in [-0.3, -0.25) is 39.4 Å². The van der Waals surface area contributed by atoms with E-state index in [2.05, 4.69) is 0 Å². The van der Waals surface area contributed by atoms with Crippen LogP contribution < -0.4 is 4.90 Å². The molecule has 1 atom stereocenters. The van der Waals surface area contributed by atoms with E-state index in [1.54, 1.807) is 0 Å². The third kappa shape index (κ3) is 3.09. The molecule has 2 rings (SSSR count). The molecular weight excluding hydrogens is 337 g/mol. The first kappa shape index (κ1) is 19.5. The van der Waals surface area contributed by atoms with Crippen LogP contribution in [-0.4, -0.2) is 62.8 Å². The number of non-ortho nitro benzene ring substituents is 1. The number of Topliss-reactive ketones (excluding diaryl/α,β-unsaturated/α-hetero) is 2. The van der Waals surface area contributed by atoms with Gasteiger partial charge in [-0.05, 0) is 13.0 Å². The summed E-state index contributed by atoms with van der Waals surface area (Å²) in [7, 11) is 0. The summed E-state index contributed by atoms with van der Waals surface area (Å²) in [4.78, 5) is 66.9. The number of nitro groups is 2. The number of hydrogen-bond acceptors (Lipinski definition) is 8. The molecule has 0 aliphatic carbocycles. The molecule has 0 spiro atoms. The van der Waals surface area contributed by atoms with Crippen LogP contribution in [0.1, 0.15) is 6.92 Å². The monoisotopic (exact) mass is 344 g/mol. The quantitative estimate of drug-likeness (QED) is 0.181. The topological polar surface area (TPSA) is 158 Å². The van der Waals surface area contributed by atoms with Gasteiger partial charge in [-0.1, -0.05) is 0 Å². The van der Waals surface area contributed by atoms with Crippen molar-refractivity contribution in [1.29, 1.82) is 0 Å². The summed E-state index contributed by atoms with van der Waals surface area (Å²) in [6, 6.07) is 2.21. The molecule has 0 bridgehead atoms. The van der Waals surface area contributed by atoms with E-state index in [0.717, 1.165) is 19.1 Å². The fraction of sp³-hybridized carbons (Fsp3) is 0.167. The van der Waals surface area contributed by atoms with E-state index >= 15 is 0 Å². The maximum Gasteiger partial charge on any atom is 0.302 e. The van der Waals surface area contributed by atoms with Gasteiger partial charge < -0.3 is 0 Å². The zero-order valence-electron chi connectivity index (χ0n) is 12.4. The van der Waals surface area contributed by atoms with Crippen molar-refractivity contribution in [2.24, 2.45) is 5.92 Å². The number of hydrogen-bond donors (Lipinski definition) is 0. The first-order valence-electron chi connectivity index (χ1n) is 6.02. The Kier molecular flexibility index (Phi) is 5.66. The van der Waals surface area contributed by atoms with Gasteiger partial charge in [-0.25, -0.2) is 4.90 Å². The number of benzene rings is 1. The van der Waals surface area contributed by atoms with Crippen LogP contribution >= 0.6 is 0 Å². The van der Waals surface area contributed by atoms with Crippen molar-refractivity contribution in [3.63, 3.8) is 0 Å². The van der Waals surface area contributed by atoms with E-state index in [4.69, 9.17) is 0 Å². The molecule has 1 aliphatic rings. The third-order valence-electron chi connectivity index (χ3n) is 3.16.